The molecule has 0 saturated heterocycles. The number of nitrogens with one attached hydrogen (secondary N) is 1. The summed E-state index contributed by atoms with van der Waals surface area (Å²) in [4.78, 5) is 26.7. The number of rotatable bonds is 7. The molecule has 3 aliphatic rings. The number of amides is 1. The number of ketones is 1. The molecule has 2 aromatic carbocycles. The van der Waals surface area contributed by atoms with E-state index in [0.717, 1.165) is 56.4 Å². The Balaban J connectivity index is 0.00000218. The first-order chi connectivity index (χ1) is 14.2. The summed E-state index contributed by atoms with van der Waals surface area (Å²) in [6.45, 7) is 1.73. The number of unbranched alkanes of at least 4 members (excludes halogenated alkanes) is 1. The fourth-order valence-electron chi connectivity index (χ4n) is 5.22. The highest BCUT2D eigenvalue weighted by molar-refractivity contribution is 6.02. The van der Waals surface area contributed by atoms with E-state index in [1.54, 1.807) is 0 Å². The molecule has 1 aliphatic carbocycles. The Morgan fingerprint density at radius 2 is 1.80 bits per heavy atom. The van der Waals surface area contributed by atoms with Crippen LogP contribution in [0.25, 0.3) is 0 Å². The molecule has 5 rings (SSSR count). The largest absolute Gasteiger partial charge is 0.312 e. The molecule has 30 heavy (non-hydrogen) atoms. The fraction of sp³-hybridized carbons (Fsp3) is 0.440. The molecule has 0 aromatic heterocycles. The van der Waals surface area contributed by atoms with Crippen molar-refractivity contribution < 1.29 is 9.59 Å². The highest BCUT2D eigenvalue weighted by Crippen LogP contribution is 2.37. The number of hydrogen-bond donors (Lipinski definition) is 1. The Bertz CT molecular complexity index is 972. The lowest BCUT2D eigenvalue weighted by Crippen LogP contribution is -2.32. The third-order valence-corrected chi connectivity index (χ3v) is 6.73. The van der Waals surface area contributed by atoms with Crippen LogP contribution < -0.4 is 10.2 Å². The molecule has 0 saturated carbocycles. The molecular formula is C25H29ClN2O2. The maximum atomic E-state index is 12.8. The SMILES string of the molecule is Cl.O=C(CCCCNC1CCc2ccccc21)c1cc2c3c(c1)CCN3C(=O)CC2. The van der Waals surface area contributed by atoms with E-state index in [4.69, 9.17) is 0 Å². The van der Waals surface area contributed by atoms with Crippen molar-refractivity contribution in [1.29, 1.82) is 0 Å². The van der Waals surface area contributed by atoms with Gasteiger partial charge < -0.3 is 10.2 Å². The zero-order valence-corrected chi connectivity index (χ0v) is 18.1. The highest BCUT2D eigenvalue weighted by atomic mass is 35.5. The van der Waals surface area contributed by atoms with Crippen LogP contribution in [0, 0.1) is 0 Å². The van der Waals surface area contributed by atoms with Crippen LogP contribution in [-0.4, -0.2) is 24.8 Å². The maximum absolute atomic E-state index is 12.8. The smallest absolute Gasteiger partial charge is 0.227 e. The van der Waals surface area contributed by atoms with Crippen LogP contribution in [0.5, 0.6) is 0 Å². The lowest BCUT2D eigenvalue weighted by Gasteiger charge is -2.25. The van der Waals surface area contributed by atoms with E-state index < -0.39 is 0 Å². The van der Waals surface area contributed by atoms with Gasteiger partial charge in [0, 0.05) is 31.0 Å². The number of nitrogens with zero attached hydrogens (tertiary/aromatic N) is 1. The van der Waals surface area contributed by atoms with Gasteiger partial charge in [0.1, 0.15) is 0 Å². The van der Waals surface area contributed by atoms with Crippen molar-refractivity contribution in [2.45, 2.75) is 57.4 Å². The van der Waals surface area contributed by atoms with E-state index in [9.17, 15) is 9.59 Å². The summed E-state index contributed by atoms with van der Waals surface area (Å²) >= 11 is 0. The maximum Gasteiger partial charge on any atom is 0.227 e. The van der Waals surface area contributed by atoms with Gasteiger partial charge in [-0.1, -0.05) is 24.3 Å². The normalized spacial score (nSPS) is 18.7. The van der Waals surface area contributed by atoms with E-state index in [1.807, 2.05) is 17.0 Å². The quantitative estimate of drug-likeness (QED) is 0.523. The Labute approximate surface area is 184 Å². The van der Waals surface area contributed by atoms with Crippen LogP contribution in [0.4, 0.5) is 5.69 Å². The molecule has 4 nitrogen and oxygen atoms in total. The number of aryl methyl sites for hydroxylation is 2. The number of hydrogen-bond acceptors (Lipinski definition) is 3. The fourth-order valence-corrected chi connectivity index (χ4v) is 5.22. The number of fused-ring (bicyclic) bond motifs is 1. The molecule has 1 unspecified atom stereocenters. The van der Waals surface area contributed by atoms with Gasteiger partial charge in [0.15, 0.2) is 5.78 Å². The standard InChI is InChI=1S/C25H28N2O2.ClH/c28-23(7-3-4-13-26-22-10-8-17-5-1-2-6-21(17)22)20-15-18-9-11-24(29)27-14-12-19(16-20)25(18)27;/h1-2,5-6,15-16,22,26H,3-4,7-14H2;1H. The number of benzene rings is 2. The van der Waals surface area contributed by atoms with Crippen molar-refractivity contribution in [3.8, 4) is 0 Å². The van der Waals surface area contributed by atoms with Crippen molar-refractivity contribution >= 4 is 29.8 Å². The van der Waals surface area contributed by atoms with Gasteiger partial charge in [0.2, 0.25) is 5.91 Å². The van der Waals surface area contributed by atoms with Gasteiger partial charge in [-0.2, -0.15) is 0 Å². The van der Waals surface area contributed by atoms with Crippen molar-refractivity contribution in [3.05, 3.63) is 64.2 Å². The van der Waals surface area contributed by atoms with Crippen LogP contribution in [0.1, 0.15) is 70.8 Å². The molecule has 0 bridgehead atoms. The van der Waals surface area contributed by atoms with Crippen molar-refractivity contribution in [1.82, 2.24) is 5.32 Å². The van der Waals surface area contributed by atoms with Gasteiger partial charge in [-0.05, 0) is 79.5 Å². The molecule has 2 heterocycles. The monoisotopic (exact) mass is 424 g/mol. The Hall–Kier alpha value is -2.17. The summed E-state index contributed by atoms with van der Waals surface area (Å²) in [5.74, 6) is 0.471. The average Bonchev–Trinajstić information content (AvgIpc) is 3.36. The second-order valence-corrected chi connectivity index (χ2v) is 8.56. The molecule has 158 valence electrons. The molecule has 0 fully saturated rings. The third kappa shape index (κ3) is 3.91. The second kappa shape index (κ2) is 8.91. The average molecular weight is 425 g/mol. The molecule has 1 N–H and O–H groups in total. The minimum atomic E-state index is 0. The first kappa shape index (κ1) is 21.1. The van der Waals surface area contributed by atoms with Gasteiger partial charge in [-0.15, -0.1) is 12.4 Å². The molecule has 1 amide bonds. The molecular weight excluding hydrogens is 396 g/mol. The van der Waals surface area contributed by atoms with Crippen molar-refractivity contribution in [2.24, 2.45) is 0 Å². The number of anilines is 1. The molecule has 2 aromatic rings. The van der Waals surface area contributed by atoms with E-state index >= 15 is 0 Å². The zero-order valence-electron chi connectivity index (χ0n) is 17.3. The highest BCUT2D eigenvalue weighted by Gasteiger charge is 2.31. The summed E-state index contributed by atoms with van der Waals surface area (Å²) in [6.07, 6.45) is 7.09. The van der Waals surface area contributed by atoms with E-state index in [-0.39, 0.29) is 24.1 Å². The Morgan fingerprint density at radius 1 is 1.00 bits per heavy atom. The summed E-state index contributed by atoms with van der Waals surface area (Å²) in [7, 11) is 0. The number of halogens is 1. The summed E-state index contributed by atoms with van der Waals surface area (Å²) in [6, 6.07) is 13.3. The summed E-state index contributed by atoms with van der Waals surface area (Å²) < 4.78 is 0. The molecule has 5 heteroatoms. The number of carbonyl (C=O) groups excluding carboxylic acids is 2. The zero-order chi connectivity index (χ0) is 19.8. The van der Waals surface area contributed by atoms with Crippen LogP contribution in [0.15, 0.2) is 36.4 Å². The van der Waals surface area contributed by atoms with Gasteiger partial charge in [-0.25, -0.2) is 0 Å². The lowest BCUT2D eigenvalue weighted by atomic mass is 9.94. The molecule has 0 spiro atoms. The number of carbonyl (C=O) groups is 2. The minimum absolute atomic E-state index is 0. The number of Topliss-reactive ketones (excluding diaryl/α,β-unsaturated/α-hetero) is 1. The van der Waals surface area contributed by atoms with Gasteiger partial charge >= 0.3 is 0 Å². The van der Waals surface area contributed by atoms with Gasteiger partial charge in [0.05, 0.1) is 5.69 Å². The van der Waals surface area contributed by atoms with Gasteiger partial charge in [-0.3, -0.25) is 9.59 Å². The predicted molar refractivity (Wildman–Crippen MR) is 122 cm³/mol. The lowest BCUT2D eigenvalue weighted by molar-refractivity contribution is -0.118. The van der Waals surface area contributed by atoms with E-state index in [1.165, 1.54) is 28.7 Å². The van der Waals surface area contributed by atoms with Crippen molar-refractivity contribution in [3.63, 3.8) is 0 Å². The van der Waals surface area contributed by atoms with E-state index in [2.05, 4.69) is 29.6 Å². The Kier molecular flexibility index (Phi) is 6.26. The predicted octanol–water partition coefficient (Wildman–Crippen LogP) is 4.57. The van der Waals surface area contributed by atoms with Crippen molar-refractivity contribution in [2.75, 3.05) is 18.0 Å². The summed E-state index contributed by atoms with van der Waals surface area (Å²) in [5.41, 5.74) is 7.22. The van der Waals surface area contributed by atoms with Crippen LogP contribution in [-0.2, 0) is 24.1 Å². The van der Waals surface area contributed by atoms with Crippen LogP contribution in [0.3, 0.4) is 0 Å². The summed E-state index contributed by atoms with van der Waals surface area (Å²) in [5, 5.41) is 3.67. The topological polar surface area (TPSA) is 49.4 Å². The van der Waals surface area contributed by atoms with Crippen LogP contribution in [0.2, 0.25) is 0 Å². The second-order valence-electron chi connectivity index (χ2n) is 8.56. The third-order valence-electron chi connectivity index (χ3n) is 6.73. The first-order valence-electron chi connectivity index (χ1n) is 11.0. The molecule has 0 radical (unpaired) electrons. The van der Waals surface area contributed by atoms with Gasteiger partial charge in [0.25, 0.3) is 0 Å². The van der Waals surface area contributed by atoms with E-state index in [0.29, 0.717) is 18.9 Å². The first-order valence-corrected chi connectivity index (χ1v) is 11.0. The minimum Gasteiger partial charge on any atom is -0.312 e. The molecule has 2 aliphatic heterocycles. The molecule has 1 atom stereocenters. The Morgan fingerprint density at radius 3 is 2.67 bits per heavy atom. The van der Waals surface area contributed by atoms with Crippen LogP contribution >= 0.6 is 12.4 Å².